The molecule has 0 atom stereocenters. The van der Waals surface area contributed by atoms with E-state index in [9.17, 15) is 9.59 Å². The smallest absolute Gasteiger partial charge is 0.315 e. The Morgan fingerprint density at radius 2 is 1.92 bits per heavy atom. The molecule has 24 heavy (non-hydrogen) atoms. The van der Waals surface area contributed by atoms with Gasteiger partial charge in [0.25, 0.3) is 0 Å². The third-order valence-electron chi connectivity index (χ3n) is 4.59. The van der Waals surface area contributed by atoms with Gasteiger partial charge in [0.05, 0.1) is 0 Å². The molecule has 2 N–H and O–H groups in total. The van der Waals surface area contributed by atoms with Crippen LogP contribution in [0.25, 0.3) is 0 Å². The maximum Gasteiger partial charge on any atom is 0.315 e. The lowest BCUT2D eigenvalue weighted by Crippen LogP contribution is -2.49. The highest BCUT2D eigenvalue weighted by atomic mass is 16.2. The van der Waals surface area contributed by atoms with Crippen LogP contribution in [-0.4, -0.2) is 42.5 Å². The molecule has 1 aliphatic heterocycles. The Bertz CT molecular complexity index is 551. The minimum absolute atomic E-state index is 0.0961. The molecule has 5 heteroatoms. The summed E-state index contributed by atoms with van der Waals surface area (Å²) in [7, 11) is 0. The second-order valence-electron chi connectivity index (χ2n) is 6.48. The summed E-state index contributed by atoms with van der Waals surface area (Å²) >= 11 is 0. The number of nitrogens with zero attached hydrogens (tertiary/aromatic N) is 1. The first-order valence-electron chi connectivity index (χ1n) is 8.96. The molecule has 1 heterocycles. The fraction of sp³-hybridized carbons (Fsp3) is 0.579. The third-order valence-corrected chi connectivity index (χ3v) is 4.59. The molecule has 132 valence electrons. The van der Waals surface area contributed by atoms with Crippen LogP contribution in [0.15, 0.2) is 24.3 Å². The van der Waals surface area contributed by atoms with Gasteiger partial charge < -0.3 is 15.5 Å². The lowest BCUT2D eigenvalue weighted by atomic mass is 10.0. The van der Waals surface area contributed by atoms with Crippen LogP contribution in [-0.2, 0) is 11.2 Å². The van der Waals surface area contributed by atoms with Crippen molar-refractivity contribution in [1.82, 2.24) is 15.5 Å². The molecule has 1 aliphatic rings. The van der Waals surface area contributed by atoms with Gasteiger partial charge in [-0.15, -0.1) is 0 Å². The Kier molecular flexibility index (Phi) is 7.09. The van der Waals surface area contributed by atoms with Gasteiger partial charge in [-0.2, -0.15) is 0 Å². The highest BCUT2D eigenvalue weighted by Gasteiger charge is 2.23. The molecule has 0 radical (unpaired) electrons. The molecule has 5 nitrogen and oxygen atoms in total. The van der Waals surface area contributed by atoms with Gasteiger partial charge in [-0.25, -0.2) is 4.79 Å². The number of aryl methyl sites for hydroxylation is 2. The van der Waals surface area contributed by atoms with E-state index in [4.69, 9.17) is 0 Å². The van der Waals surface area contributed by atoms with Gasteiger partial charge in [0.2, 0.25) is 5.91 Å². The van der Waals surface area contributed by atoms with Crippen LogP contribution >= 0.6 is 0 Å². The van der Waals surface area contributed by atoms with Crippen molar-refractivity contribution in [3.63, 3.8) is 0 Å². The zero-order chi connectivity index (χ0) is 17.4. The SMILES string of the molecule is CCCNC(=O)NC1CCN(C(=O)CCc2ccccc2C)CC1. The van der Waals surface area contributed by atoms with E-state index in [0.717, 1.165) is 38.8 Å². The standard InChI is InChI=1S/C19H29N3O2/c1-3-12-20-19(24)21-17-10-13-22(14-11-17)18(23)9-8-16-7-5-4-6-15(16)2/h4-7,17H,3,8-14H2,1-2H3,(H2,20,21,24). The molecule has 1 aromatic rings. The van der Waals surface area contributed by atoms with E-state index >= 15 is 0 Å². The van der Waals surface area contributed by atoms with Crippen molar-refractivity contribution in [3.8, 4) is 0 Å². The lowest BCUT2D eigenvalue weighted by Gasteiger charge is -2.32. The Morgan fingerprint density at radius 3 is 2.58 bits per heavy atom. The molecular weight excluding hydrogens is 302 g/mol. The lowest BCUT2D eigenvalue weighted by molar-refractivity contribution is -0.132. The molecular formula is C19H29N3O2. The van der Waals surface area contributed by atoms with E-state index < -0.39 is 0 Å². The molecule has 0 unspecified atom stereocenters. The van der Waals surface area contributed by atoms with Crippen molar-refractivity contribution < 1.29 is 9.59 Å². The van der Waals surface area contributed by atoms with E-state index in [0.29, 0.717) is 13.0 Å². The predicted molar refractivity (Wildman–Crippen MR) is 95.9 cm³/mol. The van der Waals surface area contributed by atoms with Crippen LogP contribution in [0.5, 0.6) is 0 Å². The van der Waals surface area contributed by atoms with Crippen molar-refractivity contribution in [2.75, 3.05) is 19.6 Å². The van der Waals surface area contributed by atoms with Crippen molar-refractivity contribution >= 4 is 11.9 Å². The zero-order valence-corrected chi connectivity index (χ0v) is 14.8. The highest BCUT2D eigenvalue weighted by molar-refractivity contribution is 5.77. The third kappa shape index (κ3) is 5.55. The van der Waals surface area contributed by atoms with Gasteiger partial charge in [-0.1, -0.05) is 31.2 Å². The summed E-state index contributed by atoms with van der Waals surface area (Å²) in [6.07, 6.45) is 3.94. The number of likely N-dealkylation sites (tertiary alicyclic amines) is 1. The second-order valence-corrected chi connectivity index (χ2v) is 6.48. The zero-order valence-electron chi connectivity index (χ0n) is 14.8. The van der Waals surface area contributed by atoms with Crippen molar-refractivity contribution in [3.05, 3.63) is 35.4 Å². The number of carbonyl (C=O) groups is 2. The van der Waals surface area contributed by atoms with E-state index in [-0.39, 0.29) is 18.0 Å². The van der Waals surface area contributed by atoms with Crippen LogP contribution in [0.3, 0.4) is 0 Å². The molecule has 0 aliphatic carbocycles. The first-order chi connectivity index (χ1) is 11.6. The Hall–Kier alpha value is -2.04. The molecule has 1 aromatic carbocycles. The van der Waals surface area contributed by atoms with Gasteiger partial charge in [0.15, 0.2) is 0 Å². The number of hydrogen-bond donors (Lipinski definition) is 2. The largest absolute Gasteiger partial charge is 0.343 e. The van der Waals surface area contributed by atoms with E-state index in [1.165, 1.54) is 11.1 Å². The van der Waals surface area contributed by atoms with Crippen LogP contribution < -0.4 is 10.6 Å². The van der Waals surface area contributed by atoms with Crippen molar-refractivity contribution in [2.45, 2.75) is 52.0 Å². The van der Waals surface area contributed by atoms with Gasteiger partial charge in [-0.05, 0) is 43.7 Å². The minimum atomic E-state index is -0.0961. The maximum atomic E-state index is 12.4. The summed E-state index contributed by atoms with van der Waals surface area (Å²) in [5.41, 5.74) is 2.49. The topological polar surface area (TPSA) is 61.4 Å². The summed E-state index contributed by atoms with van der Waals surface area (Å²) in [6.45, 7) is 6.26. The van der Waals surface area contributed by atoms with Crippen LogP contribution in [0.2, 0.25) is 0 Å². The first-order valence-corrected chi connectivity index (χ1v) is 8.96. The normalized spacial score (nSPS) is 15.2. The van der Waals surface area contributed by atoms with Gasteiger partial charge in [-0.3, -0.25) is 4.79 Å². The summed E-state index contributed by atoms with van der Waals surface area (Å²) in [4.78, 5) is 26.0. The molecule has 2 rings (SSSR count). The van der Waals surface area contributed by atoms with Gasteiger partial charge in [0.1, 0.15) is 0 Å². The van der Waals surface area contributed by atoms with E-state index in [1.54, 1.807) is 0 Å². The number of hydrogen-bond acceptors (Lipinski definition) is 2. The monoisotopic (exact) mass is 331 g/mol. The summed E-state index contributed by atoms with van der Waals surface area (Å²) in [5, 5.41) is 5.82. The molecule has 1 fully saturated rings. The average Bonchev–Trinajstić information content (AvgIpc) is 2.59. The maximum absolute atomic E-state index is 12.4. The molecule has 0 aromatic heterocycles. The number of nitrogens with one attached hydrogen (secondary N) is 2. The average molecular weight is 331 g/mol. The van der Waals surface area contributed by atoms with E-state index in [1.807, 2.05) is 24.0 Å². The fourth-order valence-corrected chi connectivity index (χ4v) is 3.04. The van der Waals surface area contributed by atoms with E-state index in [2.05, 4.69) is 29.7 Å². The first kappa shape index (κ1) is 18.3. The van der Waals surface area contributed by atoms with Gasteiger partial charge >= 0.3 is 6.03 Å². The Labute approximate surface area is 144 Å². The van der Waals surface area contributed by atoms with Gasteiger partial charge in [0, 0.05) is 32.1 Å². The molecule has 0 saturated carbocycles. The summed E-state index contributed by atoms with van der Waals surface area (Å²) < 4.78 is 0. The summed E-state index contributed by atoms with van der Waals surface area (Å²) in [6, 6.07) is 8.29. The van der Waals surface area contributed by atoms with Crippen LogP contribution in [0.4, 0.5) is 4.79 Å². The predicted octanol–water partition coefficient (Wildman–Crippen LogP) is 2.63. The number of piperidine rings is 1. The number of amides is 3. The number of carbonyl (C=O) groups excluding carboxylic acids is 2. The summed E-state index contributed by atoms with van der Waals surface area (Å²) in [5.74, 6) is 0.215. The quantitative estimate of drug-likeness (QED) is 0.842. The van der Waals surface area contributed by atoms with Crippen LogP contribution in [0, 0.1) is 6.92 Å². The number of benzene rings is 1. The second kappa shape index (κ2) is 9.30. The van der Waals surface area contributed by atoms with Crippen molar-refractivity contribution in [2.24, 2.45) is 0 Å². The molecule has 0 spiro atoms. The molecule has 3 amide bonds. The highest BCUT2D eigenvalue weighted by Crippen LogP contribution is 2.14. The molecule has 0 bridgehead atoms. The Morgan fingerprint density at radius 1 is 1.21 bits per heavy atom. The van der Waals surface area contributed by atoms with Crippen molar-refractivity contribution in [1.29, 1.82) is 0 Å². The molecule has 1 saturated heterocycles. The number of urea groups is 1. The number of rotatable bonds is 6. The van der Waals surface area contributed by atoms with Crippen LogP contribution in [0.1, 0.15) is 43.7 Å². The Balaban J connectivity index is 1.71. The minimum Gasteiger partial charge on any atom is -0.343 e. The fourth-order valence-electron chi connectivity index (χ4n) is 3.04.